The number of benzene rings is 2. The van der Waals surface area contributed by atoms with E-state index in [4.69, 9.17) is 30.5 Å². The molecule has 0 bridgehead atoms. The van der Waals surface area contributed by atoms with Crippen LogP contribution >= 0.6 is 27.5 Å². The Labute approximate surface area is 244 Å². The van der Waals surface area contributed by atoms with Crippen molar-refractivity contribution in [2.24, 2.45) is 5.10 Å². The maximum Gasteiger partial charge on any atom is 0.338 e. The van der Waals surface area contributed by atoms with E-state index in [0.717, 1.165) is 0 Å². The Balaban J connectivity index is 1.66. The quantitative estimate of drug-likeness (QED) is 0.136. The first-order valence-corrected chi connectivity index (χ1v) is 13.2. The Morgan fingerprint density at radius 2 is 2.00 bits per heavy atom. The number of hydrogen-bond donors (Lipinski definition) is 3. The van der Waals surface area contributed by atoms with E-state index >= 15 is 0 Å². The number of urea groups is 1. The molecule has 0 saturated heterocycles. The normalized spacial score (nSPS) is 14.7. The minimum Gasteiger partial charge on any atom is -0.493 e. The number of amides is 3. The van der Waals surface area contributed by atoms with E-state index in [0.29, 0.717) is 44.4 Å². The summed E-state index contributed by atoms with van der Waals surface area (Å²) in [4.78, 5) is 37.0. The Hall–Kier alpha value is -4.03. The molecule has 0 saturated carbocycles. The molecule has 212 valence electrons. The van der Waals surface area contributed by atoms with E-state index < -0.39 is 23.9 Å². The molecule has 13 heteroatoms. The van der Waals surface area contributed by atoms with Crippen molar-refractivity contribution in [2.45, 2.75) is 19.9 Å². The van der Waals surface area contributed by atoms with Crippen molar-refractivity contribution >= 4 is 51.7 Å². The van der Waals surface area contributed by atoms with Gasteiger partial charge in [-0.25, -0.2) is 15.0 Å². The zero-order valence-electron chi connectivity index (χ0n) is 22.0. The van der Waals surface area contributed by atoms with Crippen molar-refractivity contribution in [2.75, 3.05) is 26.9 Å². The van der Waals surface area contributed by atoms with Crippen LogP contribution in [0, 0.1) is 0 Å². The number of nitrogens with zero attached hydrogens (tertiary/aromatic N) is 1. The lowest BCUT2D eigenvalue weighted by Gasteiger charge is -2.28. The highest BCUT2D eigenvalue weighted by Gasteiger charge is 2.32. The second-order valence-electron chi connectivity index (χ2n) is 8.20. The minimum absolute atomic E-state index is 0.182. The molecule has 0 radical (unpaired) electrons. The summed E-state index contributed by atoms with van der Waals surface area (Å²) in [5.41, 5.74) is 4.21. The maximum atomic E-state index is 12.6. The fourth-order valence-corrected chi connectivity index (χ4v) is 4.68. The van der Waals surface area contributed by atoms with Gasteiger partial charge in [0, 0.05) is 5.70 Å². The van der Waals surface area contributed by atoms with Crippen LogP contribution in [0.1, 0.15) is 31.0 Å². The lowest BCUT2D eigenvalue weighted by Crippen LogP contribution is -2.45. The van der Waals surface area contributed by atoms with Gasteiger partial charge < -0.3 is 29.6 Å². The van der Waals surface area contributed by atoms with Crippen molar-refractivity contribution in [3.8, 4) is 17.2 Å². The maximum absolute atomic E-state index is 12.6. The molecule has 1 aliphatic rings. The molecule has 0 spiro atoms. The zero-order chi connectivity index (χ0) is 29.2. The van der Waals surface area contributed by atoms with Crippen LogP contribution in [0.25, 0.3) is 0 Å². The van der Waals surface area contributed by atoms with E-state index in [1.807, 2.05) is 0 Å². The second-order valence-corrected chi connectivity index (χ2v) is 9.46. The van der Waals surface area contributed by atoms with Crippen LogP contribution in [0.15, 0.2) is 63.8 Å². The summed E-state index contributed by atoms with van der Waals surface area (Å²) in [7, 11) is 1.43. The summed E-state index contributed by atoms with van der Waals surface area (Å²) in [6, 6.07) is 6.98. The highest BCUT2D eigenvalue weighted by Crippen LogP contribution is 2.35. The Morgan fingerprint density at radius 3 is 2.67 bits per heavy atom. The predicted octanol–water partition coefficient (Wildman–Crippen LogP) is 4.40. The van der Waals surface area contributed by atoms with Crippen LogP contribution in [0.3, 0.4) is 0 Å². The van der Waals surface area contributed by atoms with E-state index in [1.165, 1.54) is 13.3 Å². The van der Waals surface area contributed by atoms with Gasteiger partial charge in [0.1, 0.15) is 6.61 Å². The van der Waals surface area contributed by atoms with E-state index in [2.05, 4.69) is 43.7 Å². The van der Waals surface area contributed by atoms with Crippen LogP contribution in [-0.2, 0) is 14.3 Å². The van der Waals surface area contributed by atoms with Crippen molar-refractivity contribution in [1.29, 1.82) is 0 Å². The van der Waals surface area contributed by atoms with Gasteiger partial charge >= 0.3 is 12.0 Å². The van der Waals surface area contributed by atoms with E-state index in [-0.39, 0.29) is 24.5 Å². The summed E-state index contributed by atoms with van der Waals surface area (Å²) in [5.74, 6) is -0.0367. The van der Waals surface area contributed by atoms with Crippen LogP contribution in [0.2, 0.25) is 5.02 Å². The lowest BCUT2D eigenvalue weighted by molar-refractivity contribution is -0.139. The highest BCUT2D eigenvalue weighted by molar-refractivity contribution is 9.10. The van der Waals surface area contributed by atoms with E-state index in [9.17, 15) is 14.4 Å². The standard InChI is InChI=1S/C27H28BrClN4O7/c1-5-9-39-25-18(28)10-16(11-19(25)29)13-30-33-22(34)14-40-20-8-7-17(12-21(20)37-4)24-23(26(35)38-6-2)15(3)31-27(36)32-24/h5,7-8,10-13,24H,1,6,9,14H2,2-4H3,(H,33,34)(H2,31,32,36)/b30-13-/t24-/m1/s1. The van der Waals surface area contributed by atoms with Gasteiger partial charge in [-0.1, -0.05) is 30.3 Å². The molecule has 11 nitrogen and oxygen atoms in total. The number of allylic oxidation sites excluding steroid dienone is 1. The first-order valence-electron chi connectivity index (χ1n) is 12.0. The Morgan fingerprint density at radius 1 is 1.23 bits per heavy atom. The zero-order valence-corrected chi connectivity index (χ0v) is 24.4. The average Bonchev–Trinajstić information content (AvgIpc) is 2.91. The van der Waals surface area contributed by atoms with Gasteiger partial charge in [0.2, 0.25) is 0 Å². The minimum atomic E-state index is -0.774. The number of ether oxygens (including phenoxy) is 4. The van der Waals surface area contributed by atoms with Gasteiger partial charge in [-0.2, -0.15) is 5.10 Å². The first kappa shape index (κ1) is 30.5. The number of rotatable bonds is 12. The van der Waals surface area contributed by atoms with Gasteiger partial charge in [0.15, 0.2) is 23.9 Å². The molecule has 0 aliphatic carbocycles. The Kier molecular flexibility index (Phi) is 11.0. The van der Waals surface area contributed by atoms with Crippen LogP contribution in [0.4, 0.5) is 4.79 Å². The monoisotopic (exact) mass is 634 g/mol. The molecule has 0 unspecified atom stereocenters. The van der Waals surface area contributed by atoms with Gasteiger partial charge in [-0.3, -0.25) is 4.79 Å². The topological polar surface area (TPSA) is 137 Å². The largest absolute Gasteiger partial charge is 0.493 e. The number of hydrogen-bond acceptors (Lipinski definition) is 8. The second kappa shape index (κ2) is 14.4. The fraction of sp³-hybridized carbons (Fsp3) is 0.259. The molecule has 3 amide bonds. The SMILES string of the molecule is C=CCOc1c(Cl)cc(/C=N\NC(=O)COc2ccc([C@H]3NC(=O)NC(C)=C3C(=O)OCC)cc2OC)cc1Br. The molecule has 2 aromatic carbocycles. The number of hydrazone groups is 1. The summed E-state index contributed by atoms with van der Waals surface area (Å²) in [5, 5.41) is 9.60. The number of esters is 1. The highest BCUT2D eigenvalue weighted by atomic mass is 79.9. The third-order valence-electron chi connectivity index (χ3n) is 5.41. The molecule has 3 rings (SSSR count). The number of carbonyl (C=O) groups is 3. The van der Waals surface area contributed by atoms with E-state index in [1.54, 1.807) is 50.3 Å². The first-order chi connectivity index (χ1) is 19.2. The Bertz CT molecular complexity index is 1340. The number of methoxy groups -OCH3 is 1. The smallest absolute Gasteiger partial charge is 0.338 e. The van der Waals surface area contributed by atoms with Crippen LogP contribution in [-0.4, -0.2) is 51.1 Å². The number of carbonyl (C=O) groups excluding carboxylic acids is 3. The van der Waals surface area contributed by atoms with Crippen LogP contribution < -0.4 is 30.3 Å². The molecule has 1 heterocycles. The van der Waals surface area contributed by atoms with Crippen molar-refractivity contribution in [1.82, 2.24) is 16.1 Å². The molecular formula is C27H28BrClN4O7. The summed E-state index contributed by atoms with van der Waals surface area (Å²) in [6.45, 7) is 7.04. The van der Waals surface area contributed by atoms with Crippen molar-refractivity contribution in [3.05, 3.63) is 74.9 Å². The summed E-state index contributed by atoms with van der Waals surface area (Å²) >= 11 is 9.64. The van der Waals surface area contributed by atoms with Gasteiger partial charge in [0.25, 0.3) is 5.91 Å². The van der Waals surface area contributed by atoms with Gasteiger partial charge in [0.05, 0.1) is 41.0 Å². The van der Waals surface area contributed by atoms with Crippen molar-refractivity contribution < 1.29 is 33.3 Å². The fourth-order valence-electron chi connectivity index (χ4n) is 3.69. The average molecular weight is 636 g/mol. The lowest BCUT2D eigenvalue weighted by atomic mass is 9.95. The molecule has 2 aromatic rings. The number of nitrogens with one attached hydrogen (secondary N) is 3. The molecule has 1 atom stereocenters. The predicted molar refractivity (Wildman–Crippen MR) is 153 cm³/mol. The van der Waals surface area contributed by atoms with Crippen molar-refractivity contribution in [3.63, 3.8) is 0 Å². The van der Waals surface area contributed by atoms with Gasteiger partial charge in [-0.05, 0) is 65.2 Å². The van der Waals surface area contributed by atoms with Gasteiger partial charge in [-0.15, -0.1) is 0 Å². The van der Waals surface area contributed by atoms with Crippen LogP contribution in [0.5, 0.6) is 17.2 Å². The summed E-state index contributed by atoms with van der Waals surface area (Å²) in [6.07, 6.45) is 3.03. The molecule has 1 aliphatic heterocycles. The molecule has 0 aromatic heterocycles. The molecule has 3 N–H and O–H groups in total. The molecular weight excluding hydrogens is 608 g/mol. The third kappa shape index (κ3) is 7.76. The molecule has 40 heavy (non-hydrogen) atoms. The number of halogens is 2. The third-order valence-corrected chi connectivity index (χ3v) is 6.28. The summed E-state index contributed by atoms with van der Waals surface area (Å²) < 4.78 is 22.3. The molecule has 0 fully saturated rings.